The van der Waals surface area contributed by atoms with Crippen molar-refractivity contribution >= 4 is 29.3 Å². The fourth-order valence-corrected chi connectivity index (χ4v) is 4.47. The smallest absolute Gasteiger partial charge is 0.321 e. The van der Waals surface area contributed by atoms with Gasteiger partial charge in [-0.25, -0.2) is 4.79 Å². The second-order valence-electron chi connectivity index (χ2n) is 8.47. The van der Waals surface area contributed by atoms with Gasteiger partial charge < -0.3 is 19.9 Å². The second kappa shape index (κ2) is 9.85. The molecule has 2 heterocycles. The van der Waals surface area contributed by atoms with E-state index < -0.39 is 11.9 Å². The van der Waals surface area contributed by atoms with Gasteiger partial charge in [0.25, 0.3) is 5.91 Å². The van der Waals surface area contributed by atoms with E-state index in [4.69, 9.17) is 4.74 Å². The third-order valence-corrected chi connectivity index (χ3v) is 6.20. The van der Waals surface area contributed by atoms with E-state index in [1.165, 1.54) is 0 Å². The number of carbonyl (C=O) groups excluding carboxylic acids is 3. The van der Waals surface area contributed by atoms with Crippen LogP contribution in [0.1, 0.15) is 31.7 Å². The second-order valence-corrected chi connectivity index (χ2v) is 8.47. The molecule has 168 valence electrons. The van der Waals surface area contributed by atoms with E-state index in [0.717, 1.165) is 24.1 Å². The minimum Gasteiger partial charge on any atom is -0.455 e. The maximum absolute atomic E-state index is 12.9. The molecular formula is C25H29N3O4. The molecule has 32 heavy (non-hydrogen) atoms. The third-order valence-electron chi connectivity index (χ3n) is 6.20. The summed E-state index contributed by atoms with van der Waals surface area (Å²) in [5.41, 5.74) is 2.75. The van der Waals surface area contributed by atoms with Crippen molar-refractivity contribution in [3.8, 4) is 0 Å². The van der Waals surface area contributed by atoms with Crippen LogP contribution in [0, 0.1) is 5.92 Å². The number of nitrogens with one attached hydrogen (secondary N) is 1. The van der Waals surface area contributed by atoms with Gasteiger partial charge in [-0.2, -0.15) is 0 Å². The number of hydrogen-bond donors (Lipinski definition) is 1. The van der Waals surface area contributed by atoms with Crippen molar-refractivity contribution in [3.05, 3.63) is 60.2 Å². The lowest BCUT2D eigenvalue weighted by Gasteiger charge is -2.35. The highest BCUT2D eigenvalue weighted by molar-refractivity contribution is 5.97. The zero-order valence-corrected chi connectivity index (χ0v) is 18.3. The van der Waals surface area contributed by atoms with E-state index in [-0.39, 0.29) is 31.1 Å². The predicted octanol–water partition coefficient (Wildman–Crippen LogP) is 3.84. The molecule has 2 aliphatic heterocycles. The van der Waals surface area contributed by atoms with Crippen LogP contribution in [-0.2, 0) is 20.7 Å². The van der Waals surface area contributed by atoms with Crippen LogP contribution >= 0.6 is 0 Å². The first-order valence-electron chi connectivity index (χ1n) is 11.2. The van der Waals surface area contributed by atoms with Crippen LogP contribution in [0.5, 0.6) is 0 Å². The number of para-hydroxylation sites is 2. The van der Waals surface area contributed by atoms with E-state index in [1.54, 1.807) is 9.80 Å². The minimum absolute atomic E-state index is 0.0583. The molecular weight excluding hydrogens is 406 g/mol. The van der Waals surface area contributed by atoms with Gasteiger partial charge in [-0.05, 0) is 56.4 Å². The number of esters is 1. The molecule has 2 aliphatic rings. The van der Waals surface area contributed by atoms with E-state index in [1.807, 2.05) is 61.5 Å². The number of urea groups is 1. The van der Waals surface area contributed by atoms with Gasteiger partial charge in [0.1, 0.15) is 0 Å². The van der Waals surface area contributed by atoms with Gasteiger partial charge in [0.15, 0.2) is 6.61 Å². The summed E-state index contributed by atoms with van der Waals surface area (Å²) in [6, 6.07) is 16.9. The van der Waals surface area contributed by atoms with Gasteiger partial charge in [0.05, 0.1) is 5.92 Å². The summed E-state index contributed by atoms with van der Waals surface area (Å²) in [6.45, 7) is 2.60. The lowest BCUT2D eigenvalue weighted by atomic mass is 9.96. The minimum atomic E-state index is -0.427. The highest BCUT2D eigenvalue weighted by Crippen LogP contribution is 2.30. The number of ether oxygens (including phenoxy) is 1. The van der Waals surface area contributed by atoms with Crippen LogP contribution in [0.3, 0.4) is 0 Å². The predicted molar refractivity (Wildman–Crippen MR) is 122 cm³/mol. The average Bonchev–Trinajstić information content (AvgIpc) is 2.83. The van der Waals surface area contributed by atoms with E-state index in [0.29, 0.717) is 25.1 Å². The van der Waals surface area contributed by atoms with Crippen LogP contribution in [0.15, 0.2) is 54.6 Å². The Bertz CT molecular complexity index is 978. The number of benzene rings is 2. The molecule has 2 unspecified atom stereocenters. The molecule has 7 nitrogen and oxygen atoms in total. The van der Waals surface area contributed by atoms with Crippen LogP contribution in [-0.4, -0.2) is 48.5 Å². The standard InChI is InChI=1S/C25H29N3O4/c1-18-13-14-19-8-5-6-12-22(19)28(18)23(29)17-32-24(30)20-9-7-15-27(16-20)25(31)26-21-10-3-2-4-11-21/h2-6,8,10-12,18,20H,7,9,13-17H2,1H3,(H,26,31). The van der Waals surface area contributed by atoms with Crippen molar-refractivity contribution in [1.29, 1.82) is 0 Å². The average molecular weight is 436 g/mol. The molecule has 2 atom stereocenters. The monoisotopic (exact) mass is 435 g/mol. The Morgan fingerprint density at radius 2 is 1.78 bits per heavy atom. The number of nitrogens with zero attached hydrogens (tertiary/aromatic N) is 2. The highest BCUT2D eigenvalue weighted by Gasteiger charge is 2.32. The number of piperidine rings is 1. The molecule has 0 aliphatic carbocycles. The quantitative estimate of drug-likeness (QED) is 0.740. The van der Waals surface area contributed by atoms with E-state index in [2.05, 4.69) is 5.32 Å². The number of carbonyl (C=O) groups is 3. The number of rotatable bonds is 4. The Morgan fingerprint density at radius 1 is 1.03 bits per heavy atom. The molecule has 0 spiro atoms. The Hall–Kier alpha value is -3.35. The fraction of sp³-hybridized carbons (Fsp3) is 0.400. The van der Waals surface area contributed by atoms with Gasteiger partial charge in [-0.3, -0.25) is 9.59 Å². The summed E-state index contributed by atoms with van der Waals surface area (Å²) >= 11 is 0. The Kier molecular flexibility index (Phi) is 6.73. The first-order valence-corrected chi connectivity index (χ1v) is 11.2. The van der Waals surface area contributed by atoms with Crippen molar-refractivity contribution in [2.24, 2.45) is 5.92 Å². The molecule has 0 bridgehead atoms. The number of fused-ring (bicyclic) bond motifs is 1. The lowest BCUT2D eigenvalue weighted by molar-refractivity contribution is -0.153. The first kappa shape index (κ1) is 21.9. The maximum atomic E-state index is 12.9. The molecule has 3 amide bonds. The van der Waals surface area contributed by atoms with E-state index >= 15 is 0 Å². The zero-order valence-electron chi connectivity index (χ0n) is 18.3. The van der Waals surface area contributed by atoms with Gasteiger partial charge in [0.2, 0.25) is 0 Å². The SMILES string of the molecule is CC1CCc2ccccc2N1C(=O)COC(=O)C1CCCN(C(=O)Nc2ccccc2)C1. The normalized spacial score (nSPS) is 20.3. The van der Waals surface area contributed by atoms with Crippen LogP contribution in [0.2, 0.25) is 0 Å². The van der Waals surface area contributed by atoms with Crippen molar-refractivity contribution < 1.29 is 19.1 Å². The van der Waals surface area contributed by atoms with Crippen molar-refractivity contribution in [1.82, 2.24) is 4.90 Å². The Morgan fingerprint density at radius 3 is 2.59 bits per heavy atom. The molecule has 1 saturated heterocycles. The third kappa shape index (κ3) is 4.93. The number of likely N-dealkylation sites (tertiary alicyclic amines) is 1. The fourth-order valence-electron chi connectivity index (χ4n) is 4.47. The van der Waals surface area contributed by atoms with Crippen molar-refractivity contribution in [2.45, 2.75) is 38.6 Å². The molecule has 1 N–H and O–H groups in total. The molecule has 0 radical (unpaired) electrons. The summed E-state index contributed by atoms with van der Waals surface area (Å²) in [7, 11) is 0. The van der Waals surface area contributed by atoms with Crippen molar-refractivity contribution in [3.63, 3.8) is 0 Å². The largest absolute Gasteiger partial charge is 0.455 e. The number of anilines is 2. The van der Waals surface area contributed by atoms with Gasteiger partial charge >= 0.3 is 12.0 Å². The summed E-state index contributed by atoms with van der Waals surface area (Å²) in [5.74, 6) is -1.06. The molecule has 2 aromatic rings. The summed E-state index contributed by atoms with van der Waals surface area (Å²) in [5, 5.41) is 2.85. The molecule has 0 saturated carbocycles. The molecule has 2 aromatic carbocycles. The van der Waals surface area contributed by atoms with Crippen LogP contribution < -0.4 is 10.2 Å². The highest BCUT2D eigenvalue weighted by atomic mass is 16.5. The number of amides is 3. The van der Waals surface area contributed by atoms with Gasteiger partial charge in [0, 0.05) is 30.5 Å². The topological polar surface area (TPSA) is 79.0 Å². The van der Waals surface area contributed by atoms with Crippen LogP contribution in [0.4, 0.5) is 16.2 Å². The molecule has 7 heteroatoms. The zero-order chi connectivity index (χ0) is 22.5. The Labute approximate surface area is 188 Å². The summed E-state index contributed by atoms with van der Waals surface area (Å²) in [6.07, 6.45) is 3.17. The number of aryl methyl sites for hydroxylation is 1. The summed E-state index contributed by atoms with van der Waals surface area (Å²) < 4.78 is 5.42. The Balaban J connectivity index is 1.32. The van der Waals surface area contributed by atoms with Gasteiger partial charge in [-0.1, -0.05) is 36.4 Å². The van der Waals surface area contributed by atoms with Crippen LogP contribution in [0.25, 0.3) is 0 Å². The first-order chi connectivity index (χ1) is 15.5. The maximum Gasteiger partial charge on any atom is 0.321 e. The lowest BCUT2D eigenvalue weighted by Crippen LogP contribution is -2.46. The number of hydrogen-bond acceptors (Lipinski definition) is 4. The van der Waals surface area contributed by atoms with Crippen molar-refractivity contribution in [2.75, 3.05) is 29.9 Å². The van der Waals surface area contributed by atoms with Gasteiger partial charge in [-0.15, -0.1) is 0 Å². The molecule has 4 rings (SSSR count). The molecule has 1 fully saturated rings. The van der Waals surface area contributed by atoms with E-state index in [9.17, 15) is 14.4 Å². The summed E-state index contributed by atoms with van der Waals surface area (Å²) in [4.78, 5) is 41.5. The molecule has 0 aromatic heterocycles.